The molecule has 0 unspecified atom stereocenters. The molecular weight excluding hydrogens is 156 g/mol. The van der Waals surface area contributed by atoms with Crippen LogP contribution in [0.1, 0.15) is 0 Å². The molecule has 1 heterocycles. The molecule has 1 aliphatic heterocycles. The van der Waals surface area contributed by atoms with Crippen molar-refractivity contribution in [1.29, 1.82) is 0 Å². The van der Waals surface area contributed by atoms with E-state index >= 15 is 0 Å². The van der Waals surface area contributed by atoms with E-state index in [0.717, 1.165) is 0 Å². The van der Waals surface area contributed by atoms with Gasteiger partial charge in [-0.3, -0.25) is 0 Å². The Kier molecular flexibility index (Phi) is 1.63. The van der Waals surface area contributed by atoms with E-state index in [1.54, 1.807) is 19.2 Å². The normalized spacial score (nSPS) is 12.8. The molecule has 1 aromatic carbocycles. The highest BCUT2D eigenvalue weighted by atomic mass is 16.6. The second-order valence-corrected chi connectivity index (χ2v) is 2.24. The topological polar surface area (TPSA) is 27.7 Å². The zero-order chi connectivity index (χ0) is 8.39. The van der Waals surface area contributed by atoms with Gasteiger partial charge in [0, 0.05) is 0 Å². The first kappa shape index (κ1) is 7.03. The second kappa shape index (κ2) is 2.77. The first-order valence-corrected chi connectivity index (χ1v) is 3.49. The minimum atomic E-state index is 0.596. The smallest absolute Gasteiger partial charge is 0.210 e. The Morgan fingerprint density at radius 1 is 1.42 bits per heavy atom. The van der Waals surface area contributed by atoms with E-state index in [1.807, 2.05) is 6.07 Å². The molecule has 0 fully saturated rings. The summed E-state index contributed by atoms with van der Waals surface area (Å²) in [6.45, 7) is 0. The van der Waals surface area contributed by atoms with Crippen molar-refractivity contribution >= 4 is 0 Å². The van der Waals surface area contributed by atoms with Crippen LogP contribution >= 0.6 is 0 Å². The quantitative estimate of drug-likeness (QED) is 0.631. The van der Waals surface area contributed by atoms with Gasteiger partial charge in [0.2, 0.25) is 12.0 Å². The van der Waals surface area contributed by atoms with Crippen LogP contribution in [-0.2, 0) is 0 Å². The maximum atomic E-state index is 5.16. The molecule has 0 bridgehead atoms. The van der Waals surface area contributed by atoms with Gasteiger partial charge >= 0.3 is 0 Å². The van der Waals surface area contributed by atoms with Gasteiger partial charge in [-0.25, -0.2) is 0 Å². The predicted octanol–water partition coefficient (Wildman–Crippen LogP) is 1.74. The molecule has 0 N–H and O–H groups in total. The number of methoxy groups -OCH3 is 1. The minimum Gasteiger partial charge on any atom is -0.493 e. The number of fused-ring (bicyclic) bond motifs is 1. The fourth-order valence-electron chi connectivity index (χ4n) is 1.02. The molecular formula is C9H7O3. The number of benzene rings is 1. The summed E-state index contributed by atoms with van der Waals surface area (Å²) in [5.41, 5.74) is 0. The Bertz CT molecular complexity index is 318. The van der Waals surface area contributed by atoms with Crippen LogP contribution in [-0.4, -0.2) is 7.11 Å². The van der Waals surface area contributed by atoms with Crippen molar-refractivity contribution in [2.75, 3.05) is 7.11 Å². The molecule has 61 valence electrons. The van der Waals surface area contributed by atoms with Crippen molar-refractivity contribution in [3.63, 3.8) is 0 Å². The van der Waals surface area contributed by atoms with Crippen LogP contribution in [0.25, 0.3) is 0 Å². The molecule has 3 nitrogen and oxygen atoms in total. The van der Waals surface area contributed by atoms with E-state index in [2.05, 4.69) is 6.26 Å². The summed E-state index contributed by atoms with van der Waals surface area (Å²) < 4.78 is 15.3. The van der Waals surface area contributed by atoms with Crippen LogP contribution in [0.15, 0.2) is 24.5 Å². The number of rotatable bonds is 1. The first-order valence-electron chi connectivity index (χ1n) is 3.49. The summed E-state index contributed by atoms with van der Waals surface area (Å²) in [4.78, 5) is 0. The highest BCUT2D eigenvalue weighted by Crippen LogP contribution is 2.38. The van der Waals surface area contributed by atoms with Crippen molar-refractivity contribution in [3.8, 4) is 17.2 Å². The van der Waals surface area contributed by atoms with Gasteiger partial charge in [-0.15, -0.1) is 0 Å². The fraction of sp³-hybridized carbons (Fsp3) is 0.111. The second-order valence-electron chi connectivity index (χ2n) is 2.24. The number of hydrogen-bond acceptors (Lipinski definition) is 3. The molecule has 0 saturated carbocycles. The van der Waals surface area contributed by atoms with E-state index in [0.29, 0.717) is 17.2 Å². The van der Waals surface area contributed by atoms with E-state index in [9.17, 15) is 0 Å². The predicted molar refractivity (Wildman–Crippen MR) is 42.1 cm³/mol. The number of hydrogen-bond donors (Lipinski definition) is 0. The van der Waals surface area contributed by atoms with Crippen molar-refractivity contribution in [2.45, 2.75) is 0 Å². The van der Waals surface area contributed by atoms with Crippen LogP contribution in [0.4, 0.5) is 0 Å². The third kappa shape index (κ3) is 0.993. The molecule has 1 aromatic rings. The van der Waals surface area contributed by atoms with Crippen molar-refractivity contribution < 1.29 is 14.2 Å². The Labute approximate surface area is 70.2 Å². The average molecular weight is 163 g/mol. The zero-order valence-corrected chi connectivity index (χ0v) is 6.53. The molecule has 2 rings (SSSR count). The highest BCUT2D eigenvalue weighted by molar-refractivity contribution is 5.52. The summed E-state index contributed by atoms with van der Waals surface area (Å²) >= 11 is 0. The Morgan fingerprint density at radius 2 is 2.33 bits per heavy atom. The zero-order valence-electron chi connectivity index (χ0n) is 6.53. The molecule has 0 atom stereocenters. The minimum absolute atomic E-state index is 0.596. The monoisotopic (exact) mass is 163 g/mol. The number of ether oxygens (including phenoxy) is 3. The molecule has 0 spiro atoms. The van der Waals surface area contributed by atoms with Gasteiger partial charge in [0.05, 0.1) is 7.11 Å². The van der Waals surface area contributed by atoms with E-state index in [-0.39, 0.29) is 0 Å². The maximum Gasteiger partial charge on any atom is 0.210 e. The van der Waals surface area contributed by atoms with Gasteiger partial charge in [-0.05, 0) is 12.1 Å². The molecule has 12 heavy (non-hydrogen) atoms. The summed E-state index contributed by atoms with van der Waals surface area (Å²) in [5, 5.41) is 0. The molecule has 1 radical (unpaired) electrons. The molecule has 3 heteroatoms. The van der Waals surface area contributed by atoms with Crippen molar-refractivity contribution in [2.24, 2.45) is 0 Å². The van der Waals surface area contributed by atoms with Gasteiger partial charge in [-0.2, -0.15) is 0 Å². The average Bonchev–Trinajstić information content (AvgIpc) is 2.17. The Hall–Kier alpha value is -1.64. The molecule has 0 amide bonds. The van der Waals surface area contributed by atoms with E-state index < -0.39 is 0 Å². The fourth-order valence-corrected chi connectivity index (χ4v) is 1.02. The van der Waals surface area contributed by atoms with E-state index in [1.165, 1.54) is 6.26 Å². The lowest BCUT2D eigenvalue weighted by atomic mass is 10.3. The molecule has 1 aliphatic rings. The molecule has 0 aromatic heterocycles. The van der Waals surface area contributed by atoms with Crippen LogP contribution in [0.5, 0.6) is 17.2 Å². The van der Waals surface area contributed by atoms with Crippen LogP contribution in [0, 0.1) is 6.26 Å². The maximum absolute atomic E-state index is 5.16. The summed E-state index contributed by atoms with van der Waals surface area (Å²) in [7, 11) is 1.58. The summed E-state index contributed by atoms with van der Waals surface area (Å²) in [6, 6.07) is 5.42. The van der Waals surface area contributed by atoms with Gasteiger partial charge in [-0.1, -0.05) is 6.07 Å². The first-order chi connectivity index (χ1) is 5.92. The summed E-state index contributed by atoms with van der Waals surface area (Å²) in [6.07, 6.45) is 3.84. The summed E-state index contributed by atoms with van der Waals surface area (Å²) in [5.74, 6) is 1.88. The number of para-hydroxylation sites is 1. The lowest BCUT2D eigenvalue weighted by Crippen LogP contribution is -1.98. The van der Waals surface area contributed by atoms with Crippen LogP contribution in [0.3, 0.4) is 0 Å². The lowest BCUT2D eigenvalue weighted by Gasteiger charge is -2.13. The van der Waals surface area contributed by atoms with Crippen LogP contribution in [0.2, 0.25) is 0 Å². The van der Waals surface area contributed by atoms with E-state index in [4.69, 9.17) is 14.2 Å². The van der Waals surface area contributed by atoms with Crippen molar-refractivity contribution in [1.82, 2.24) is 0 Å². The molecule has 0 aliphatic carbocycles. The molecule has 0 saturated heterocycles. The van der Waals surface area contributed by atoms with Gasteiger partial charge in [0.25, 0.3) is 0 Å². The van der Waals surface area contributed by atoms with Crippen molar-refractivity contribution in [3.05, 3.63) is 30.7 Å². The third-order valence-electron chi connectivity index (χ3n) is 1.56. The van der Waals surface area contributed by atoms with Gasteiger partial charge in [0.1, 0.15) is 6.26 Å². The standard InChI is InChI=1S/C9H7O3/c1-10-7-3-2-4-8-9(7)12-6-5-11-8/h2-4,6H,1H3. The lowest BCUT2D eigenvalue weighted by molar-refractivity contribution is 0.317. The van der Waals surface area contributed by atoms with Gasteiger partial charge in [0.15, 0.2) is 11.5 Å². The van der Waals surface area contributed by atoms with Gasteiger partial charge < -0.3 is 14.2 Å². The van der Waals surface area contributed by atoms with Crippen LogP contribution < -0.4 is 14.2 Å². The Balaban J connectivity index is 2.48. The SMILES string of the molecule is COc1cccc2c1OC=[C]O2. The third-order valence-corrected chi connectivity index (χ3v) is 1.56. The highest BCUT2D eigenvalue weighted by Gasteiger charge is 2.13. The largest absolute Gasteiger partial charge is 0.493 e. The Morgan fingerprint density at radius 3 is 3.17 bits per heavy atom.